The Balaban J connectivity index is 2.09. The molecule has 0 spiro atoms. The summed E-state index contributed by atoms with van der Waals surface area (Å²) >= 11 is 8.26. The number of hydrogen-bond donors (Lipinski definition) is 3. The van der Waals surface area contributed by atoms with Crippen LogP contribution in [0.4, 0.5) is 10.1 Å². The fourth-order valence-corrected chi connectivity index (χ4v) is 2.26. The highest BCUT2D eigenvalue weighted by molar-refractivity contribution is 9.10. The molecule has 23 heavy (non-hydrogen) atoms. The van der Waals surface area contributed by atoms with Crippen molar-refractivity contribution in [3.8, 4) is 0 Å². The lowest BCUT2D eigenvalue weighted by molar-refractivity contribution is 0.0696. The number of carbonyl (C=O) groups is 2. The van der Waals surface area contributed by atoms with Crippen LogP contribution >= 0.6 is 28.1 Å². The molecule has 5 nitrogen and oxygen atoms in total. The number of hydrogen-bond acceptors (Lipinski definition) is 3. The highest BCUT2D eigenvalue weighted by Gasteiger charge is 2.11. The van der Waals surface area contributed by atoms with Crippen LogP contribution in [0.3, 0.4) is 0 Å². The first-order valence-electron chi connectivity index (χ1n) is 6.27. The Morgan fingerprint density at radius 1 is 1.13 bits per heavy atom. The second-order valence-corrected chi connectivity index (χ2v) is 5.68. The van der Waals surface area contributed by atoms with Crippen LogP contribution in [0.1, 0.15) is 20.7 Å². The van der Waals surface area contributed by atoms with Crippen LogP contribution in [-0.4, -0.2) is 22.1 Å². The van der Waals surface area contributed by atoms with Gasteiger partial charge in [0.25, 0.3) is 5.91 Å². The SMILES string of the molecule is O=C(O)c1ccc(Br)c(NC(=S)NC(=O)c2cccc(F)c2)c1. The number of carbonyl (C=O) groups excluding carboxylic acids is 1. The number of benzene rings is 2. The summed E-state index contributed by atoms with van der Waals surface area (Å²) in [5.41, 5.74) is 0.567. The van der Waals surface area contributed by atoms with E-state index in [2.05, 4.69) is 26.6 Å². The number of amides is 1. The van der Waals surface area contributed by atoms with E-state index in [1.807, 2.05) is 0 Å². The highest BCUT2D eigenvalue weighted by atomic mass is 79.9. The predicted molar refractivity (Wildman–Crippen MR) is 91.2 cm³/mol. The van der Waals surface area contributed by atoms with Crippen LogP contribution in [0.15, 0.2) is 46.9 Å². The molecule has 3 N–H and O–H groups in total. The fourth-order valence-electron chi connectivity index (χ4n) is 1.71. The van der Waals surface area contributed by atoms with Gasteiger partial charge in [-0.2, -0.15) is 0 Å². The van der Waals surface area contributed by atoms with E-state index in [4.69, 9.17) is 17.3 Å². The van der Waals surface area contributed by atoms with Crippen molar-refractivity contribution < 1.29 is 19.1 Å². The van der Waals surface area contributed by atoms with Crippen LogP contribution in [0, 0.1) is 5.82 Å². The second-order valence-electron chi connectivity index (χ2n) is 4.42. The zero-order chi connectivity index (χ0) is 17.0. The molecular formula is C15H10BrFN2O3S. The molecule has 0 aliphatic heterocycles. The van der Waals surface area contributed by atoms with Crippen LogP contribution < -0.4 is 10.6 Å². The normalized spacial score (nSPS) is 10.0. The number of aromatic carboxylic acids is 1. The van der Waals surface area contributed by atoms with Crippen LogP contribution in [0.2, 0.25) is 0 Å². The van der Waals surface area contributed by atoms with Crippen molar-refractivity contribution in [3.05, 3.63) is 63.9 Å². The minimum atomic E-state index is -1.09. The number of thiocarbonyl (C=S) groups is 1. The van der Waals surface area contributed by atoms with Gasteiger partial charge in [-0.25, -0.2) is 9.18 Å². The van der Waals surface area contributed by atoms with Gasteiger partial charge in [0.1, 0.15) is 5.82 Å². The van der Waals surface area contributed by atoms with Gasteiger partial charge in [0.05, 0.1) is 11.3 Å². The summed E-state index contributed by atoms with van der Waals surface area (Å²) in [7, 11) is 0. The zero-order valence-electron chi connectivity index (χ0n) is 11.5. The Hall–Kier alpha value is -2.32. The van der Waals surface area contributed by atoms with Crippen molar-refractivity contribution in [2.45, 2.75) is 0 Å². The number of carboxylic acid groups (broad SMARTS) is 1. The Morgan fingerprint density at radius 2 is 1.87 bits per heavy atom. The molecule has 0 aliphatic carbocycles. The standard InChI is InChI=1S/C15H10BrFN2O3S/c16-11-5-4-9(14(21)22)7-12(11)18-15(23)19-13(20)8-2-1-3-10(17)6-8/h1-7H,(H,21,22)(H2,18,19,20,23). The average molecular weight is 397 g/mol. The molecule has 0 heterocycles. The van der Waals surface area contributed by atoms with Crippen LogP contribution in [-0.2, 0) is 0 Å². The summed E-state index contributed by atoms with van der Waals surface area (Å²) in [5, 5.41) is 14.0. The molecule has 2 aromatic rings. The maximum Gasteiger partial charge on any atom is 0.335 e. The largest absolute Gasteiger partial charge is 0.478 e. The van der Waals surface area contributed by atoms with E-state index < -0.39 is 17.7 Å². The lowest BCUT2D eigenvalue weighted by Crippen LogP contribution is -2.34. The van der Waals surface area contributed by atoms with E-state index in [1.165, 1.54) is 30.3 Å². The molecule has 0 saturated carbocycles. The first-order valence-corrected chi connectivity index (χ1v) is 7.47. The molecule has 0 aliphatic rings. The Kier molecular flexibility index (Phi) is 5.41. The Morgan fingerprint density at radius 3 is 2.52 bits per heavy atom. The molecule has 0 bridgehead atoms. The smallest absolute Gasteiger partial charge is 0.335 e. The molecule has 8 heteroatoms. The van der Waals surface area contributed by atoms with Gasteiger partial charge in [-0.3, -0.25) is 10.1 Å². The molecule has 0 radical (unpaired) electrons. The van der Waals surface area contributed by atoms with Gasteiger partial charge in [-0.05, 0) is 64.5 Å². The summed E-state index contributed by atoms with van der Waals surface area (Å²) in [6.45, 7) is 0. The van der Waals surface area contributed by atoms with Gasteiger partial charge in [0.2, 0.25) is 0 Å². The van der Waals surface area contributed by atoms with E-state index in [0.29, 0.717) is 10.2 Å². The quantitative estimate of drug-likeness (QED) is 0.692. The van der Waals surface area contributed by atoms with Crippen molar-refractivity contribution in [1.82, 2.24) is 5.32 Å². The van der Waals surface area contributed by atoms with E-state index in [9.17, 15) is 14.0 Å². The minimum Gasteiger partial charge on any atom is -0.478 e. The number of nitrogens with one attached hydrogen (secondary N) is 2. The van der Waals surface area contributed by atoms with E-state index in [-0.39, 0.29) is 16.2 Å². The van der Waals surface area contributed by atoms with E-state index in [1.54, 1.807) is 6.07 Å². The highest BCUT2D eigenvalue weighted by Crippen LogP contribution is 2.23. The molecular weight excluding hydrogens is 387 g/mol. The van der Waals surface area contributed by atoms with Gasteiger partial charge < -0.3 is 10.4 Å². The molecule has 1 amide bonds. The van der Waals surface area contributed by atoms with E-state index >= 15 is 0 Å². The van der Waals surface area contributed by atoms with Crippen molar-refractivity contribution in [1.29, 1.82) is 0 Å². The van der Waals surface area contributed by atoms with Gasteiger partial charge in [0, 0.05) is 10.0 Å². The molecule has 2 aromatic carbocycles. The van der Waals surface area contributed by atoms with Crippen molar-refractivity contribution in [2.24, 2.45) is 0 Å². The molecule has 0 saturated heterocycles. The van der Waals surface area contributed by atoms with Gasteiger partial charge >= 0.3 is 5.97 Å². The van der Waals surface area contributed by atoms with E-state index in [0.717, 1.165) is 6.07 Å². The van der Waals surface area contributed by atoms with Crippen LogP contribution in [0.5, 0.6) is 0 Å². The molecule has 0 atom stereocenters. The first-order chi connectivity index (χ1) is 10.9. The molecule has 2 rings (SSSR count). The number of anilines is 1. The Bertz CT molecular complexity index is 798. The van der Waals surface area contributed by atoms with Gasteiger partial charge in [-0.15, -0.1) is 0 Å². The summed E-state index contributed by atoms with van der Waals surface area (Å²) < 4.78 is 13.7. The molecule has 118 valence electrons. The number of rotatable bonds is 3. The predicted octanol–water partition coefficient (Wildman–Crippen LogP) is 3.41. The van der Waals surface area contributed by atoms with Gasteiger partial charge in [0.15, 0.2) is 5.11 Å². The molecule has 0 unspecified atom stereocenters. The molecule has 0 fully saturated rings. The van der Waals surface area contributed by atoms with Crippen molar-refractivity contribution in [3.63, 3.8) is 0 Å². The monoisotopic (exact) mass is 396 g/mol. The fraction of sp³-hybridized carbons (Fsp3) is 0. The number of carboxylic acids is 1. The number of halogens is 2. The summed E-state index contributed by atoms with van der Waals surface area (Å²) in [5.74, 6) is -2.20. The zero-order valence-corrected chi connectivity index (χ0v) is 13.9. The average Bonchev–Trinajstić information content (AvgIpc) is 2.49. The van der Waals surface area contributed by atoms with Crippen LogP contribution in [0.25, 0.3) is 0 Å². The van der Waals surface area contributed by atoms with Gasteiger partial charge in [-0.1, -0.05) is 6.07 Å². The lowest BCUT2D eigenvalue weighted by atomic mass is 10.2. The third-order valence-corrected chi connectivity index (χ3v) is 3.67. The minimum absolute atomic E-state index is 0.0394. The third kappa shape index (κ3) is 4.57. The Labute approximate surface area is 144 Å². The maximum absolute atomic E-state index is 13.1. The lowest BCUT2D eigenvalue weighted by Gasteiger charge is -2.11. The second kappa shape index (κ2) is 7.30. The van der Waals surface area contributed by atoms with Crippen molar-refractivity contribution >= 4 is 50.8 Å². The first kappa shape index (κ1) is 17.0. The summed E-state index contributed by atoms with van der Waals surface area (Å²) in [4.78, 5) is 22.9. The molecule has 0 aromatic heterocycles. The third-order valence-electron chi connectivity index (χ3n) is 2.78. The van der Waals surface area contributed by atoms with Crippen molar-refractivity contribution in [2.75, 3.05) is 5.32 Å². The summed E-state index contributed by atoms with van der Waals surface area (Å²) in [6.07, 6.45) is 0. The topological polar surface area (TPSA) is 78.4 Å². The maximum atomic E-state index is 13.1. The summed E-state index contributed by atoms with van der Waals surface area (Å²) in [6, 6.07) is 9.50.